The Kier molecular flexibility index (Phi) is 2.89. The Morgan fingerprint density at radius 3 is 2.86 bits per heavy atom. The van der Waals surface area contributed by atoms with E-state index in [2.05, 4.69) is 5.16 Å². The van der Waals surface area contributed by atoms with E-state index >= 15 is 0 Å². The maximum atomic E-state index is 5.99. The van der Waals surface area contributed by atoms with Crippen LogP contribution in [0.1, 0.15) is 5.56 Å². The molecule has 1 heterocycles. The molecule has 0 N–H and O–H groups in total. The van der Waals surface area contributed by atoms with Gasteiger partial charge in [0, 0.05) is 5.02 Å². The number of ether oxygens (including phenoxy) is 1. The zero-order chi connectivity index (χ0) is 9.80. The summed E-state index contributed by atoms with van der Waals surface area (Å²) in [6.45, 7) is 1.08. The lowest BCUT2D eigenvalue weighted by atomic mass is 10.1. The van der Waals surface area contributed by atoms with Crippen molar-refractivity contribution >= 4 is 17.5 Å². The van der Waals surface area contributed by atoms with Crippen LogP contribution in [0.25, 0.3) is 0 Å². The van der Waals surface area contributed by atoms with Crippen molar-refractivity contribution in [2.75, 3.05) is 13.2 Å². The highest BCUT2D eigenvalue weighted by Crippen LogP contribution is 2.16. The van der Waals surface area contributed by atoms with Gasteiger partial charge in [-0.05, 0) is 11.6 Å². The highest BCUT2D eigenvalue weighted by atomic mass is 35.5. The van der Waals surface area contributed by atoms with Crippen molar-refractivity contribution in [1.29, 1.82) is 0 Å². The summed E-state index contributed by atoms with van der Waals surface area (Å²) in [5.41, 5.74) is 0.999. The molecule has 74 valence electrons. The average Bonchev–Trinajstić information content (AvgIpc) is 2.23. The van der Waals surface area contributed by atoms with E-state index in [0.717, 1.165) is 10.6 Å². The van der Waals surface area contributed by atoms with Crippen LogP contribution in [0.15, 0.2) is 29.4 Å². The van der Waals surface area contributed by atoms with Crippen molar-refractivity contribution in [1.82, 2.24) is 0 Å². The summed E-state index contributed by atoms with van der Waals surface area (Å²) in [5.74, 6) is 0.587. The first-order valence-electron chi connectivity index (χ1n) is 4.41. The van der Waals surface area contributed by atoms with Crippen molar-refractivity contribution < 1.29 is 9.57 Å². The van der Waals surface area contributed by atoms with Crippen molar-refractivity contribution in [2.45, 2.75) is 6.42 Å². The minimum atomic E-state index is 0.520. The molecule has 1 aromatic rings. The second-order valence-electron chi connectivity index (χ2n) is 2.93. The summed E-state index contributed by atoms with van der Waals surface area (Å²) in [4.78, 5) is 4.91. The fourth-order valence-electron chi connectivity index (χ4n) is 1.23. The van der Waals surface area contributed by atoms with Crippen LogP contribution in [0.4, 0.5) is 0 Å². The summed E-state index contributed by atoms with van der Waals surface area (Å²) >= 11 is 5.99. The van der Waals surface area contributed by atoms with Crippen LogP contribution in [-0.4, -0.2) is 19.1 Å². The van der Waals surface area contributed by atoms with Crippen molar-refractivity contribution in [3.8, 4) is 0 Å². The molecule has 1 aliphatic rings. The monoisotopic (exact) mass is 211 g/mol. The van der Waals surface area contributed by atoms with E-state index in [-0.39, 0.29) is 0 Å². The average molecular weight is 212 g/mol. The van der Waals surface area contributed by atoms with Crippen LogP contribution >= 0.6 is 11.6 Å². The largest absolute Gasteiger partial charge is 0.475 e. The van der Waals surface area contributed by atoms with Gasteiger partial charge in [0.2, 0.25) is 5.90 Å². The number of nitrogens with zero attached hydrogens (tertiary/aromatic N) is 1. The summed E-state index contributed by atoms with van der Waals surface area (Å²) in [7, 11) is 0. The van der Waals surface area contributed by atoms with Gasteiger partial charge in [0.15, 0.2) is 6.61 Å². The van der Waals surface area contributed by atoms with Gasteiger partial charge in [-0.1, -0.05) is 35.0 Å². The molecule has 0 aromatic heterocycles. The number of benzene rings is 1. The van der Waals surface area contributed by atoms with Crippen LogP contribution in [0.2, 0.25) is 5.02 Å². The minimum absolute atomic E-state index is 0.520. The molecule has 0 aliphatic carbocycles. The Bertz CT molecular complexity index is 352. The zero-order valence-corrected chi connectivity index (χ0v) is 8.33. The smallest absolute Gasteiger partial charge is 0.230 e. The van der Waals surface area contributed by atoms with Crippen LogP contribution < -0.4 is 0 Å². The first-order chi connectivity index (χ1) is 6.86. The van der Waals surface area contributed by atoms with E-state index in [0.29, 0.717) is 25.5 Å². The Hall–Kier alpha value is -1.22. The van der Waals surface area contributed by atoms with Gasteiger partial charge in [0.1, 0.15) is 6.61 Å². The predicted molar refractivity (Wildman–Crippen MR) is 54.5 cm³/mol. The van der Waals surface area contributed by atoms with Gasteiger partial charge in [-0.15, -0.1) is 0 Å². The molecule has 0 saturated carbocycles. The fraction of sp³-hybridized carbons (Fsp3) is 0.300. The summed E-state index contributed by atoms with van der Waals surface area (Å²) < 4.78 is 5.30. The zero-order valence-electron chi connectivity index (χ0n) is 7.57. The third-order valence-electron chi connectivity index (χ3n) is 1.91. The van der Waals surface area contributed by atoms with E-state index in [9.17, 15) is 0 Å². The molecule has 14 heavy (non-hydrogen) atoms. The van der Waals surface area contributed by atoms with Crippen LogP contribution in [0.3, 0.4) is 0 Å². The summed E-state index contributed by atoms with van der Waals surface area (Å²) in [5, 5.41) is 4.53. The van der Waals surface area contributed by atoms with Gasteiger partial charge in [0.25, 0.3) is 0 Å². The van der Waals surface area contributed by atoms with Crippen molar-refractivity contribution in [3.63, 3.8) is 0 Å². The Balaban J connectivity index is 2.10. The number of rotatable bonds is 2. The third-order valence-corrected chi connectivity index (χ3v) is 2.28. The molecule has 0 radical (unpaired) electrons. The number of halogens is 1. The molecule has 0 saturated heterocycles. The van der Waals surface area contributed by atoms with Gasteiger partial charge in [0.05, 0.1) is 6.42 Å². The lowest BCUT2D eigenvalue weighted by Gasteiger charge is -2.13. The van der Waals surface area contributed by atoms with Crippen molar-refractivity contribution in [3.05, 3.63) is 34.9 Å². The molecular weight excluding hydrogens is 202 g/mol. The van der Waals surface area contributed by atoms with Crippen molar-refractivity contribution in [2.24, 2.45) is 5.16 Å². The molecule has 0 atom stereocenters. The number of hydrogen-bond donors (Lipinski definition) is 0. The standard InChI is InChI=1S/C10H10ClNO2/c11-9-4-2-1-3-8(9)7-10-12-14-6-5-13-10/h1-4H,5-7H2. The molecule has 0 fully saturated rings. The van der Waals surface area contributed by atoms with Gasteiger partial charge < -0.3 is 9.57 Å². The first-order valence-corrected chi connectivity index (χ1v) is 4.79. The van der Waals surface area contributed by atoms with Gasteiger partial charge in [-0.3, -0.25) is 0 Å². The summed E-state index contributed by atoms with van der Waals surface area (Å²) in [6.07, 6.45) is 0.583. The molecule has 0 spiro atoms. The SMILES string of the molecule is Clc1ccccc1CC1=NOCCO1. The molecular formula is C10H10ClNO2. The maximum Gasteiger partial charge on any atom is 0.230 e. The van der Waals surface area contributed by atoms with E-state index in [1.54, 1.807) is 0 Å². The Morgan fingerprint density at radius 1 is 1.29 bits per heavy atom. The van der Waals surface area contributed by atoms with E-state index in [1.807, 2.05) is 24.3 Å². The minimum Gasteiger partial charge on any atom is -0.475 e. The predicted octanol–water partition coefficient (Wildman–Crippen LogP) is 2.24. The molecule has 0 unspecified atom stereocenters. The second-order valence-corrected chi connectivity index (χ2v) is 3.34. The molecule has 4 heteroatoms. The third kappa shape index (κ3) is 2.17. The second kappa shape index (κ2) is 4.33. The topological polar surface area (TPSA) is 30.8 Å². The lowest BCUT2D eigenvalue weighted by Crippen LogP contribution is -2.18. The van der Waals surface area contributed by atoms with Gasteiger partial charge in [-0.2, -0.15) is 0 Å². The first kappa shape index (κ1) is 9.34. The van der Waals surface area contributed by atoms with Crippen LogP contribution in [0, 0.1) is 0 Å². The maximum absolute atomic E-state index is 5.99. The van der Waals surface area contributed by atoms with Crippen LogP contribution in [0.5, 0.6) is 0 Å². The van der Waals surface area contributed by atoms with Crippen LogP contribution in [-0.2, 0) is 16.0 Å². The quantitative estimate of drug-likeness (QED) is 0.751. The van der Waals surface area contributed by atoms with Gasteiger partial charge >= 0.3 is 0 Å². The van der Waals surface area contributed by atoms with E-state index in [1.165, 1.54) is 0 Å². The molecule has 0 bridgehead atoms. The Labute approximate surface area is 87.3 Å². The van der Waals surface area contributed by atoms with E-state index < -0.39 is 0 Å². The summed E-state index contributed by atoms with van der Waals surface area (Å²) in [6, 6.07) is 7.63. The van der Waals surface area contributed by atoms with E-state index in [4.69, 9.17) is 21.2 Å². The fourth-order valence-corrected chi connectivity index (χ4v) is 1.43. The molecule has 1 aliphatic heterocycles. The Morgan fingerprint density at radius 2 is 2.14 bits per heavy atom. The normalized spacial score (nSPS) is 15.4. The number of hydrogen-bond acceptors (Lipinski definition) is 3. The molecule has 0 amide bonds. The van der Waals surface area contributed by atoms with Gasteiger partial charge in [-0.25, -0.2) is 0 Å². The highest BCUT2D eigenvalue weighted by Gasteiger charge is 2.10. The number of oxime groups is 1. The molecule has 3 nitrogen and oxygen atoms in total. The lowest BCUT2D eigenvalue weighted by molar-refractivity contribution is 0.0624. The molecule has 2 rings (SSSR count). The highest BCUT2D eigenvalue weighted by molar-refractivity contribution is 6.31. The molecule has 1 aromatic carbocycles.